The number of piperidine rings is 1. The van der Waals surface area contributed by atoms with Gasteiger partial charge in [-0.15, -0.1) is 0 Å². The molecule has 2 aliphatic rings. The number of methoxy groups -OCH3 is 1. The maximum absolute atomic E-state index is 13.9. The van der Waals surface area contributed by atoms with E-state index in [2.05, 4.69) is 20.4 Å². The molecule has 2 aromatic heterocycles. The summed E-state index contributed by atoms with van der Waals surface area (Å²) in [4.78, 5) is 47.8. The van der Waals surface area contributed by atoms with Crippen molar-refractivity contribution in [3.8, 4) is 11.4 Å². The molecule has 0 radical (unpaired) electrons. The van der Waals surface area contributed by atoms with Crippen molar-refractivity contribution in [1.82, 2.24) is 34.5 Å². The average molecular weight is 513 g/mol. The smallest absolute Gasteiger partial charge is 0.409 e. The fraction of sp³-hybridized carbons (Fsp3) is 0.391. The van der Waals surface area contributed by atoms with Crippen LogP contribution >= 0.6 is 0 Å². The van der Waals surface area contributed by atoms with E-state index in [-0.39, 0.29) is 25.5 Å². The van der Waals surface area contributed by atoms with E-state index in [1.807, 2.05) is 0 Å². The SMILES string of the molecule is COC(=O)N1CCC2(CC1)OCCn1c2nc(C(=O)NCc2ccc(F)cc2-n2cncn2)c(O)c1=O. The van der Waals surface area contributed by atoms with Crippen molar-refractivity contribution >= 4 is 12.0 Å². The largest absolute Gasteiger partial charge is 0.501 e. The van der Waals surface area contributed by atoms with Gasteiger partial charge in [0, 0.05) is 32.5 Å². The van der Waals surface area contributed by atoms with Crippen molar-refractivity contribution in [3.05, 3.63) is 64.1 Å². The van der Waals surface area contributed by atoms with Crippen molar-refractivity contribution in [2.45, 2.75) is 31.5 Å². The molecule has 0 atom stereocenters. The molecule has 1 fully saturated rings. The molecule has 2 amide bonds. The molecule has 1 aromatic carbocycles. The number of ether oxygens (including phenoxy) is 2. The van der Waals surface area contributed by atoms with E-state index < -0.39 is 40.4 Å². The normalized spacial score (nSPS) is 16.3. The molecule has 2 aliphatic heterocycles. The monoisotopic (exact) mass is 513 g/mol. The van der Waals surface area contributed by atoms with Crippen molar-refractivity contribution in [3.63, 3.8) is 0 Å². The summed E-state index contributed by atoms with van der Waals surface area (Å²) >= 11 is 0. The number of hydrogen-bond donors (Lipinski definition) is 2. The molecular formula is C23H24FN7O6. The Morgan fingerprint density at radius 2 is 2.05 bits per heavy atom. The Kier molecular flexibility index (Phi) is 6.33. The fourth-order valence-electron chi connectivity index (χ4n) is 4.69. The molecule has 194 valence electrons. The molecular weight excluding hydrogens is 489 g/mol. The number of carbonyl (C=O) groups is 2. The summed E-state index contributed by atoms with van der Waals surface area (Å²) in [6.07, 6.45) is 2.88. The van der Waals surface area contributed by atoms with Crippen LogP contribution in [-0.4, -0.2) is 73.1 Å². The number of likely N-dealkylation sites (tertiary alicyclic amines) is 1. The standard InChI is InChI=1S/C23H24FN7O6/c1-36-22(35)29-6-4-23(5-7-29)21-28-17(18(32)20(34)30(21)8-9-37-23)19(33)26-11-14-2-3-15(24)10-16(14)31-13-25-12-27-31/h2-3,10,12-13,32H,4-9,11H2,1H3,(H,26,33). The van der Waals surface area contributed by atoms with Crippen LogP contribution in [-0.2, 0) is 28.2 Å². The van der Waals surface area contributed by atoms with E-state index in [1.165, 1.54) is 52.1 Å². The van der Waals surface area contributed by atoms with E-state index >= 15 is 0 Å². The number of halogens is 1. The zero-order chi connectivity index (χ0) is 26.2. The minimum absolute atomic E-state index is 0.0659. The molecule has 0 unspecified atom stereocenters. The van der Waals surface area contributed by atoms with Crippen LogP contribution < -0.4 is 10.9 Å². The average Bonchev–Trinajstić information content (AvgIpc) is 3.45. The van der Waals surface area contributed by atoms with Crippen LogP contribution in [0.4, 0.5) is 9.18 Å². The van der Waals surface area contributed by atoms with Crippen molar-refractivity contribution in [2.75, 3.05) is 26.8 Å². The summed E-state index contributed by atoms with van der Waals surface area (Å²) in [6, 6.07) is 3.98. The maximum atomic E-state index is 13.9. The number of nitrogens with zero attached hydrogens (tertiary/aromatic N) is 6. The number of hydrogen-bond acceptors (Lipinski definition) is 9. The van der Waals surface area contributed by atoms with Gasteiger partial charge in [-0.3, -0.25) is 14.2 Å². The van der Waals surface area contributed by atoms with Crippen LogP contribution in [0, 0.1) is 5.82 Å². The summed E-state index contributed by atoms with van der Waals surface area (Å²) in [5.41, 5.74) is -1.31. The summed E-state index contributed by atoms with van der Waals surface area (Å²) < 4.78 is 27.4. The van der Waals surface area contributed by atoms with Gasteiger partial charge in [0.15, 0.2) is 5.69 Å². The lowest BCUT2D eigenvalue weighted by atomic mass is 9.89. The van der Waals surface area contributed by atoms with E-state index in [9.17, 15) is 23.9 Å². The van der Waals surface area contributed by atoms with Gasteiger partial charge in [0.05, 0.1) is 25.9 Å². The van der Waals surface area contributed by atoms with Crippen LogP contribution in [0.25, 0.3) is 5.69 Å². The number of nitrogens with one attached hydrogen (secondary N) is 1. The lowest BCUT2D eigenvalue weighted by Crippen LogP contribution is -2.52. The maximum Gasteiger partial charge on any atom is 0.409 e. The first-order valence-corrected chi connectivity index (χ1v) is 11.6. The second kappa shape index (κ2) is 9.61. The lowest BCUT2D eigenvalue weighted by molar-refractivity contribution is -0.114. The number of carbonyl (C=O) groups excluding carboxylic acids is 2. The van der Waals surface area contributed by atoms with Gasteiger partial charge in [-0.2, -0.15) is 5.10 Å². The highest BCUT2D eigenvalue weighted by Gasteiger charge is 2.45. The first-order chi connectivity index (χ1) is 17.8. The van der Waals surface area contributed by atoms with Gasteiger partial charge in [-0.25, -0.2) is 23.8 Å². The number of aromatic hydroxyl groups is 1. The van der Waals surface area contributed by atoms with E-state index in [4.69, 9.17) is 9.47 Å². The highest BCUT2D eigenvalue weighted by molar-refractivity contribution is 5.94. The number of amides is 2. The topological polar surface area (TPSA) is 154 Å². The molecule has 2 N–H and O–H groups in total. The molecule has 1 saturated heterocycles. The Hall–Kier alpha value is -4.33. The molecule has 0 bridgehead atoms. The predicted octanol–water partition coefficient (Wildman–Crippen LogP) is 0.686. The number of rotatable bonds is 4. The van der Waals surface area contributed by atoms with Gasteiger partial charge in [-0.1, -0.05) is 6.07 Å². The van der Waals surface area contributed by atoms with Crippen LogP contribution in [0.5, 0.6) is 5.75 Å². The highest BCUT2D eigenvalue weighted by Crippen LogP contribution is 2.38. The molecule has 0 saturated carbocycles. The van der Waals surface area contributed by atoms with Crippen LogP contribution in [0.2, 0.25) is 0 Å². The Balaban J connectivity index is 1.42. The third-order valence-corrected chi connectivity index (χ3v) is 6.62. The fourth-order valence-corrected chi connectivity index (χ4v) is 4.69. The Labute approximate surface area is 209 Å². The van der Waals surface area contributed by atoms with Gasteiger partial charge in [-0.05, 0) is 17.7 Å². The Morgan fingerprint density at radius 3 is 2.76 bits per heavy atom. The summed E-state index contributed by atoms with van der Waals surface area (Å²) in [5.74, 6) is -1.84. The van der Waals surface area contributed by atoms with Crippen molar-refractivity contribution in [1.29, 1.82) is 0 Å². The molecule has 1 spiro atoms. The Bertz CT molecular complexity index is 1400. The third-order valence-electron chi connectivity index (χ3n) is 6.62. The van der Waals surface area contributed by atoms with Crippen LogP contribution in [0.3, 0.4) is 0 Å². The second-order valence-corrected chi connectivity index (χ2v) is 8.69. The van der Waals surface area contributed by atoms with Gasteiger partial charge >= 0.3 is 6.09 Å². The quantitative estimate of drug-likeness (QED) is 0.513. The number of fused-ring (bicyclic) bond motifs is 2. The van der Waals surface area contributed by atoms with Crippen molar-refractivity contribution < 1.29 is 28.6 Å². The Morgan fingerprint density at radius 1 is 1.27 bits per heavy atom. The first-order valence-electron chi connectivity index (χ1n) is 11.6. The summed E-state index contributed by atoms with van der Waals surface area (Å²) in [5, 5.41) is 17.2. The summed E-state index contributed by atoms with van der Waals surface area (Å²) in [7, 11) is 1.30. The molecule has 3 aromatic rings. The zero-order valence-corrected chi connectivity index (χ0v) is 19.9. The lowest BCUT2D eigenvalue weighted by Gasteiger charge is -2.43. The molecule has 5 rings (SSSR count). The molecule has 14 heteroatoms. The van der Waals surface area contributed by atoms with E-state index in [0.717, 1.165) is 0 Å². The first kappa shape index (κ1) is 24.4. The highest BCUT2D eigenvalue weighted by atomic mass is 19.1. The summed E-state index contributed by atoms with van der Waals surface area (Å²) in [6.45, 7) is 0.925. The van der Waals surface area contributed by atoms with Crippen LogP contribution in [0.1, 0.15) is 34.7 Å². The van der Waals surface area contributed by atoms with Gasteiger partial charge < -0.3 is 24.8 Å². The third kappa shape index (κ3) is 4.39. The van der Waals surface area contributed by atoms with Gasteiger partial charge in [0.25, 0.3) is 11.5 Å². The number of aromatic nitrogens is 5. The van der Waals surface area contributed by atoms with Crippen molar-refractivity contribution in [2.24, 2.45) is 0 Å². The minimum atomic E-state index is -0.998. The van der Waals surface area contributed by atoms with E-state index in [1.54, 1.807) is 0 Å². The van der Waals surface area contributed by atoms with E-state index in [0.29, 0.717) is 37.2 Å². The number of benzene rings is 1. The van der Waals surface area contributed by atoms with Crippen LogP contribution in [0.15, 0.2) is 35.6 Å². The second-order valence-electron chi connectivity index (χ2n) is 8.69. The molecule has 13 nitrogen and oxygen atoms in total. The van der Waals surface area contributed by atoms with Gasteiger partial charge in [0.2, 0.25) is 5.75 Å². The molecule has 0 aliphatic carbocycles. The van der Waals surface area contributed by atoms with Gasteiger partial charge in [0.1, 0.15) is 29.9 Å². The predicted molar refractivity (Wildman–Crippen MR) is 123 cm³/mol. The molecule has 4 heterocycles. The molecule has 37 heavy (non-hydrogen) atoms. The zero-order valence-electron chi connectivity index (χ0n) is 19.9. The minimum Gasteiger partial charge on any atom is -0.501 e.